The molecule has 4 rings (SSSR count). The summed E-state index contributed by atoms with van der Waals surface area (Å²) in [4.78, 5) is 31.5. The first kappa shape index (κ1) is 19.1. The van der Waals surface area contributed by atoms with Gasteiger partial charge in [0.15, 0.2) is 6.10 Å². The summed E-state index contributed by atoms with van der Waals surface area (Å²) in [5, 5.41) is 5.83. The molecule has 1 aliphatic rings. The molecule has 1 aliphatic heterocycles. The topological polar surface area (TPSA) is 71.5 Å². The smallest absolute Gasteiger partial charge is 0.268 e. The van der Waals surface area contributed by atoms with Crippen molar-refractivity contribution >= 4 is 34.5 Å². The summed E-state index contributed by atoms with van der Waals surface area (Å²) in [5.41, 5.74) is 3.99. The molecule has 0 radical (unpaired) electrons. The number of hydrogen-bond donors (Lipinski definition) is 1. The van der Waals surface area contributed by atoms with Gasteiger partial charge in [0.25, 0.3) is 5.91 Å². The fourth-order valence-corrected chi connectivity index (χ4v) is 3.89. The Morgan fingerprint density at radius 1 is 1.24 bits per heavy atom. The van der Waals surface area contributed by atoms with Gasteiger partial charge in [0.2, 0.25) is 5.91 Å². The number of benzene rings is 2. The second-order valence-electron chi connectivity index (χ2n) is 6.98. The number of nitrogens with zero attached hydrogens (tertiary/aromatic N) is 2. The number of nitrogens with one attached hydrogen (secondary N) is 1. The number of aromatic nitrogens is 1. The average Bonchev–Trinajstić information content (AvgIpc) is 3.13. The van der Waals surface area contributed by atoms with Gasteiger partial charge in [-0.25, -0.2) is 4.98 Å². The first-order valence-corrected chi connectivity index (χ1v) is 10.2. The van der Waals surface area contributed by atoms with E-state index in [-0.39, 0.29) is 18.4 Å². The zero-order chi connectivity index (χ0) is 20.5. The highest BCUT2D eigenvalue weighted by atomic mass is 32.1. The molecule has 148 valence electrons. The van der Waals surface area contributed by atoms with Crippen LogP contribution >= 0.6 is 11.3 Å². The van der Waals surface area contributed by atoms with Gasteiger partial charge in [0.05, 0.1) is 16.4 Å². The molecule has 2 aromatic carbocycles. The standard InChI is InChI=1S/C22H21N3O3S/c1-13-6-4-5-7-17(13)24-21(26)11-25-19-10-16(18-12-29-15(3)23-18)8-9-20(19)28-14(2)22(25)27/h4-10,12,14H,11H2,1-3H3,(H,24,26). The number of anilines is 2. The van der Waals surface area contributed by atoms with Gasteiger partial charge < -0.3 is 10.1 Å². The van der Waals surface area contributed by atoms with Gasteiger partial charge in [0, 0.05) is 16.6 Å². The molecule has 29 heavy (non-hydrogen) atoms. The summed E-state index contributed by atoms with van der Waals surface area (Å²) in [6.45, 7) is 5.47. The number of aryl methyl sites for hydroxylation is 2. The Balaban J connectivity index is 1.63. The molecule has 0 aliphatic carbocycles. The molecule has 2 amide bonds. The van der Waals surface area contributed by atoms with Crippen LogP contribution in [0, 0.1) is 13.8 Å². The van der Waals surface area contributed by atoms with E-state index in [0.717, 1.165) is 27.5 Å². The predicted octanol–water partition coefficient (Wildman–Crippen LogP) is 4.18. The number of fused-ring (bicyclic) bond motifs is 1. The van der Waals surface area contributed by atoms with Crippen LogP contribution in [0.2, 0.25) is 0 Å². The highest BCUT2D eigenvalue weighted by Gasteiger charge is 2.33. The van der Waals surface area contributed by atoms with Crippen molar-refractivity contribution in [2.75, 3.05) is 16.8 Å². The van der Waals surface area contributed by atoms with Crippen molar-refractivity contribution in [1.29, 1.82) is 0 Å². The minimum absolute atomic E-state index is 0.0899. The Labute approximate surface area is 173 Å². The van der Waals surface area contributed by atoms with Crippen LogP contribution < -0.4 is 15.0 Å². The van der Waals surface area contributed by atoms with Crippen molar-refractivity contribution in [3.63, 3.8) is 0 Å². The molecule has 7 heteroatoms. The highest BCUT2D eigenvalue weighted by Crippen LogP contribution is 2.37. The monoisotopic (exact) mass is 407 g/mol. The van der Waals surface area contributed by atoms with E-state index < -0.39 is 6.10 Å². The Kier molecular flexibility index (Phi) is 5.07. The third kappa shape index (κ3) is 3.86. The van der Waals surface area contributed by atoms with Gasteiger partial charge >= 0.3 is 0 Å². The van der Waals surface area contributed by atoms with E-state index in [1.807, 2.05) is 61.7 Å². The number of amides is 2. The van der Waals surface area contributed by atoms with Crippen molar-refractivity contribution < 1.29 is 14.3 Å². The lowest BCUT2D eigenvalue weighted by atomic mass is 10.1. The van der Waals surface area contributed by atoms with Crippen molar-refractivity contribution in [1.82, 2.24) is 4.98 Å². The predicted molar refractivity (Wildman–Crippen MR) is 115 cm³/mol. The van der Waals surface area contributed by atoms with E-state index in [9.17, 15) is 9.59 Å². The molecule has 6 nitrogen and oxygen atoms in total. The summed E-state index contributed by atoms with van der Waals surface area (Å²) in [5.74, 6) is 0.0724. The molecule has 0 spiro atoms. The molecule has 1 N–H and O–H groups in total. The number of thiazole rings is 1. The molecule has 0 fully saturated rings. The van der Waals surface area contributed by atoms with E-state index in [4.69, 9.17) is 4.74 Å². The van der Waals surface area contributed by atoms with E-state index in [1.54, 1.807) is 18.3 Å². The van der Waals surface area contributed by atoms with Crippen LogP contribution in [-0.4, -0.2) is 29.4 Å². The zero-order valence-electron chi connectivity index (χ0n) is 16.4. The van der Waals surface area contributed by atoms with Crippen LogP contribution in [0.1, 0.15) is 17.5 Å². The van der Waals surface area contributed by atoms with E-state index in [2.05, 4.69) is 10.3 Å². The normalized spacial score (nSPS) is 15.6. The third-order valence-electron chi connectivity index (χ3n) is 4.80. The summed E-state index contributed by atoms with van der Waals surface area (Å²) in [6.07, 6.45) is -0.652. The Morgan fingerprint density at radius 2 is 2.03 bits per heavy atom. The quantitative estimate of drug-likeness (QED) is 0.704. The zero-order valence-corrected chi connectivity index (χ0v) is 17.2. The minimum atomic E-state index is -0.652. The first-order valence-electron chi connectivity index (χ1n) is 9.32. The molecule has 1 unspecified atom stereocenters. The lowest BCUT2D eigenvalue weighted by Crippen LogP contribution is -2.47. The number of hydrogen-bond acceptors (Lipinski definition) is 5. The van der Waals surface area contributed by atoms with E-state index in [0.29, 0.717) is 11.4 Å². The van der Waals surface area contributed by atoms with Crippen molar-refractivity contribution in [3.8, 4) is 17.0 Å². The maximum atomic E-state index is 12.8. The van der Waals surface area contributed by atoms with E-state index >= 15 is 0 Å². The molecule has 2 heterocycles. The number of ether oxygens (including phenoxy) is 1. The Bertz CT molecular complexity index is 1090. The van der Waals surface area contributed by atoms with Gasteiger partial charge in [0.1, 0.15) is 12.3 Å². The first-order chi connectivity index (χ1) is 13.9. The van der Waals surface area contributed by atoms with Crippen molar-refractivity contribution in [2.24, 2.45) is 0 Å². The van der Waals surface area contributed by atoms with Crippen LogP contribution in [0.5, 0.6) is 5.75 Å². The van der Waals surface area contributed by atoms with Crippen LogP contribution in [0.15, 0.2) is 47.8 Å². The molecule has 0 saturated carbocycles. The van der Waals surface area contributed by atoms with Gasteiger partial charge in [-0.1, -0.05) is 18.2 Å². The van der Waals surface area contributed by atoms with Gasteiger partial charge in [-0.2, -0.15) is 0 Å². The highest BCUT2D eigenvalue weighted by molar-refractivity contribution is 7.09. The molecule has 1 aromatic heterocycles. The number of carbonyl (C=O) groups is 2. The minimum Gasteiger partial charge on any atom is -0.479 e. The summed E-state index contributed by atoms with van der Waals surface area (Å²) in [6, 6.07) is 13.1. The van der Waals surface area contributed by atoms with Gasteiger partial charge in [-0.05, 0) is 50.6 Å². The Morgan fingerprint density at radius 3 is 2.76 bits per heavy atom. The number of carbonyl (C=O) groups excluding carboxylic acids is 2. The number of para-hydroxylation sites is 1. The fraction of sp³-hybridized carbons (Fsp3) is 0.227. The summed E-state index contributed by atoms with van der Waals surface area (Å²) in [7, 11) is 0. The molecule has 0 bridgehead atoms. The third-order valence-corrected chi connectivity index (χ3v) is 5.58. The maximum absolute atomic E-state index is 12.8. The number of rotatable bonds is 4. The summed E-state index contributed by atoms with van der Waals surface area (Å²) < 4.78 is 5.75. The largest absolute Gasteiger partial charge is 0.479 e. The second kappa shape index (κ2) is 7.67. The van der Waals surface area contributed by atoms with Crippen molar-refractivity contribution in [2.45, 2.75) is 26.9 Å². The molecule has 3 aromatic rings. The molecule has 1 atom stereocenters. The second-order valence-corrected chi connectivity index (χ2v) is 8.04. The SMILES string of the molecule is Cc1nc(-c2ccc3c(c2)N(CC(=O)Nc2ccccc2C)C(=O)C(C)O3)cs1. The lowest BCUT2D eigenvalue weighted by Gasteiger charge is -2.33. The maximum Gasteiger partial charge on any atom is 0.268 e. The molecular formula is C22H21N3O3S. The molecular weight excluding hydrogens is 386 g/mol. The molecule has 0 saturated heterocycles. The van der Waals surface area contributed by atoms with Crippen LogP contribution in [-0.2, 0) is 9.59 Å². The van der Waals surface area contributed by atoms with Gasteiger partial charge in [-0.3, -0.25) is 14.5 Å². The van der Waals surface area contributed by atoms with E-state index in [1.165, 1.54) is 4.90 Å². The average molecular weight is 407 g/mol. The lowest BCUT2D eigenvalue weighted by molar-refractivity contribution is -0.127. The van der Waals surface area contributed by atoms with Crippen LogP contribution in [0.4, 0.5) is 11.4 Å². The summed E-state index contributed by atoms with van der Waals surface area (Å²) >= 11 is 1.56. The fourth-order valence-electron chi connectivity index (χ4n) is 3.27. The Hall–Kier alpha value is -3.19. The van der Waals surface area contributed by atoms with Crippen molar-refractivity contribution in [3.05, 3.63) is 58.4 Å². The van der Waals surface area contributed by atoms with Crippen LogP contribution in [0.25, 0.3) is 11.3 Å². The van der Waals surface area contributed by atoms with Gasteiger partial charge in [-0.15, -0.1) is 11.3 Å². The van der Waals surface area contributed by atoms with Crippen LogP contribution in [0.3, 0.4) is 0 Å².